The molecular formula is C18H28O2Si. The molecule has 0 unspecified atom stereocenters. The molecule has 0 saturated heterocycles. The van der Waals surface area contributed by atoms with E-state index in [4.69, 9.17) is 4.43 Å². The van der Waals surface area contributed by atoms with Crippen LogP contribution in [0, 0.1) is 10.8 Å². The molecule has 2 nitrogen and oxygen atoms in total. The van der Waals surface area contributed by atoms with Crippen molar-refractivity contribution in [2.45, 2.75) is 52.6 Å². The Morgan fingerprint density at radius 2 is 1.86 bits per heavy atom. The van der Waals surface area contributed by atoms with E-state index < -0.39 is 9.04 Å². The molecule has 0 aliphatic heterocycles. The van der Waals surface area contributed by atoms with Gasteiger partial charge in [-0.15, -0.1) is 0 Å². The normalized spacial score (nSPS) is 26.6. The highest BCUT2D eigenvalue weighted by molar-refractivity contribution is 6.48. The number of hydrogen-bond donors (Lipinski definition) is 0. The minimum absolute atomic E-state index is 0.0446. The predicted molar refractivity (Wildman–Crippen MR) is 90.1 cm³/mol. The van der Waals surface area contributed by atoms with Crippen LogP contribution in [-0.2, 0) is 9.22 Å². The maximum atomic E-state index is 12.3. The number of benzene rings is 1. The highest BCUT2D eigenvalue weighted by Crippen LogP contribution is 2.57. The van der Waals surface area contributed by atoms with Crippen molar-refractivity contribution in [3.8, 4) is 0 Å². The van der Waals surface area contributed by atoms with E-state index in [1.807, 2.05) is 6.07 Å². The van der Waals surface area contributed by atoms with E-state index >= 15 is 0 Å². The second-order valence-electron chi connectivity index (χ2n) is 7.65. The second kappa shape index (κ2) is 6.05. The number of carbonyl (C=O) groups excluding carboxylic acids is 1. The van der Waals surface area contributed by atoms with Gasteiger partial charge in [-0.2, -0.15) is 0 Å². The molecule has 1 aliphatic rings. The second-order valence-corrected chi connectivity index (χ2v) is 10.1. The molecule has 1 fully saturated rings. The number of Topliss-reactive ketones (excluding diaryl/α,β-unsaturated/α-hetero) is 1. The number of hydrogen-bond acceptors (Lipinski definition) is 2. The number of ketones is 1. The van der Waals surface area contributed by atoms with Gasteiger partial charge in [0.1, 0.15) is 5.78 Å². The van der Waals surface area contributed by atoms with E-state index in [2.05, 4.69) is 58.1 Å². The molecule has 0 amide bonds. The topological polar surface area (TPSA) is 26.3 Å². The first-order valence-electron chi connectivity index (χ1n) is 7.94. The average molecular weight is 305 g/mol. The maximum absolute atomic E-state index is 12.3. The summed E-state index contributed by atoms with van der Waals surface area (Å²) in [5.74, 6) is 0.659. The number of carbonyl (C=O) groups is 1. The summed E-state index contributed by atoms with van der Waals surface area (Å²) in [4.78, 5) is 12.3. The van der Waals surface area contributed by atoms with Crippen molar-refractivity contribution >= 4 is 14.8 Å². The maximum Gasteiger partial charge on any atom is 0.170 e. The lowest BCUT2D eigenvalue weighted by Crippen LogP contribution is -2.43. The van der Waals surface area contributed by atoms with Crippen LogP contribution in [0.1, 0.15) is 45.1 Å². The highest BCUT2D eigenvalue weighted by Gasteiger charge is 2.54. The Morgan fingerprint density at radius 1 is 1.24 bits per heavy atom. The average Bonchev–Trinajstić information content (AvgIpc) is 2.75. The summed E-state index contributed by atoms with van der Waals surface area (Å²) in [7, 11) is -1.10. The summed E-state index contributed by atoms with van der Waals surface area (Å²) in [6, 6.07) is 10.5. The lowest BCUT2D eigenvalue weighted by atomic mass is 9.60. The fourth-order valence-electron chi connectivity index (χ4n) is 3.56. The molecular weight excluding hydrogens is 276 g/mol. The third-order valence-corrected chi connectivity index (χ3v) is 5.81. The molecule has 3 heteroatoms. The number of rotatable bonds is 4. The van der Waals surface area contributed by atoms with Crippen LogP contribution >= 0.6 is 0 Å². The zero-order valence-corrected chi connectivity index (χ0v) is 15.1. The van der Waals surface area contributed by atoms with Gasteiger partial charge in [0.15, 0.2) is 9.04 Å². The fraction of sp³-hybridized carbons (Fsp3) is 0.611. The quantitative estimate of drug-likeness (QED) is 0.781. The molecule has 0 heterocycles. The zero-order chi connectivity index (χ0) is 15.7. The largest absolute Gasteiger partial charge is 0.420 e. The third kappa shape index (κ3) is 3.29. The molecule has 1 saturated carbocycles. The summed E-state index contributed by atoms with van der Waals surface area (Å²) < 4.78 is 6.14. The van der Waals surface area contributed by atoms with Crippen molar-refractivity contribution in [1.82, 2.24) is 0 Å². The molecule has 0 bridgehead atoms. The molecule has 0 N–H and O–H groups in total. The fourth-order valence-corrected chi connectivity index (χ4v) is 4.19. The van der Waals surface area contributed by atoms with Gasteiger partial charge in [0.2, 0.25) is 0 Å². The lowest BCUT2D eigenvalue weighted by molar-refractivity contribution is -0.119. The Balaban J connectivity index is 2.42. The molecule has 2 atom stereocenters. The first kappa shape index (κ1) is 16.4. The zero-order valence-electron chi connectivity index (χ0n) is 14.0. The Morgan fingerprint density at radius 3 is 2.38 bits per heavy atom. The van der Waals surface area contributed by atoms with Crippen molar-refractivity contribution in [1.29, 1.82) is 0 Å². The van der Waals surface area contributed by atoms with Crippen LogP contribution in [0.3, 0.4) is 0 Å². The van der Waals surface area contributed by atoms with E-state index in [1.54, 1.807) is 0 Å². The molecule has 2 rings (SSSR count). The van der Waals surface area contributed by atoms with Gasteiger partial charge in [0, 0.05) is 24.9 Å². The van der Waals surface area contributed by atoms with Gasteiger partial charge >= 0.3 is 0 Å². The van der Waals surface area contributed by atoms with E-state index in [0.717, 1.165) is 0 Å². The minimum atomic E-state index is -1.10. The van der Waals surface area contributed by atoms with Crippen molar-refractivity contribution in [3.63, 3.8) is 0 Å². The summed E-state index contributed by atoms with van der Waals surface area (Å²) in [5, 5.41) is 0. The summed E-state index contributed by atoms with van der Waals surface area (Å²) in [5.41, 5.74) is 1.25. The van der Waals surface area contributed by atoms with Gasteiger partial charge in [-0.1, -0.05) is 51.1 Å². The Hall–Kier alpha value is -0.933. The van der Waals surface area contributed by atoms with E-state index in [9.17, 15) is 4.79 Å². The van der Waals surface area contributed by atoms with Crippen molar-refractivity contribution in [3.05, 3.63) is 35.9 Å². The molecule has 0 radical (unpaired) electrons. The molecule has 0 spiro atoms. The van der Waals surface area contributed by atoms with Crippen LogP contribution in [0.15, 0.2) is 30.3 Å². The van der Waals surface area contributed by atoms with Crippen LogP contribution < -0.4 is 0 Å². The molecule has 1 aromatic rings. The molecule has 116 valence electrons. The predicted octanol–water partition coefficient (Wildman–Crippen LogP) is 4.17. The van der Waals surface area contributed by atoms with Gasteiger partial charge in [-0.25, -0.2) is 0 Å². The van der Waals surface area contributed by atoms with Gasteiger partial charge in [-0.05, 0) is 30.0 Å². The SMILES string of the molecule is C[SiH](C)OC[C@]1(C(C)(C)C)CC(=O)C[C@H]1c1ccccc1. The monoisotopic (exact) mass is 304 g/mol. The Bertz CT molecular complexity index is 490. The smallest absolute Gasteiger partial charge is 0.170 e. The summed E-state index contributed by atoms with van der Waals surface area (Å²) >= 11 is 0. The van der Waals surface area contributed by atoms with Crippen LogP contribution in [0.25, 0.3) is 0 Å². The molecule has 1 aromatic carbocycles. The molecule has 0 aromatic heterocycles. The Labute approximate surface area is 130 Å². The van der Waals surface area contributed by atoms with Gasteiger partial charge in [-0.3, -0.25) is 4.79 Å². The van der Waals surface area contributed by atoms with E-state index in [0.29, 0.717) is 25.2 Å². The van der Waals surface area contributed by atoms with Crippen molar-refractivity contribution in [2.75, 3.05) is 6.61 Å². The summed E-state index contributed by atoms with van der Waals surface area (Å²) in [6.45, 7) is 11.9. The molecule has 1 aliphatic carbocycles. The van der Waals surface area contributed by atoms with Crippen LogP contribution in [0.5, 0.6) is 0 Å². The van der Waals surface area contributed by atoms with Crippen molar-refractivity contribution < 1.29 is 9.22 Å². The summed E-state index contributed by atoms with van der Waals surface area (Å²) in [6.07, 6.45) is 1.31. The van der Waals surface area contributed by atoms with Crippen LogP contribution in [-0.4, -0.2) is 21.4 Å². The first-order chi connectivity index (χ1) is 9.76. The Kier molecular flexibility index (Phi) is 4.74. The lowest BCUT2D eigenvalue weighted by Gasteiger charge is -2.46. The van der Waals surface area contributed by atoms with Gasteiger partial charge < -0.3 is 4.43 Å². The minimum Gasteiger partial charge on any atom is -0.420 e. The van der Waals surface area contributed by atoms with Crippen molar-refractivity contribution in [2.24, 2.45) is 10.8 Å². The first-order valence-corrected chi connectivity index (χ1v) is 10.7. The highest BCUT2D eigenvalue weighted by atomic mass is 28.3. The molecule has 21 heavy (non-hydrogen) atoms. The van der Waals surface area contributed by atoms with Gasteiger partial charge in [0.05, 0.1) is 0 Å². The van der Waals surface area contributed by atoms with Crippen LogP contribution in [0.2, 0.25) is 13.1 Å². The standard InChI is InChI=1S/C18H28O2Si/c1-17(2,3)18(13-20-21(4)5)12-15(19)11-16(18)14-9-7-6-8-10-14/h6-10,16,21H,11-13H2,1-5H3/t16-,18+/m0/s1. The van der Waals surface area contributed by atoms with E-state index in [-0.39, 0.29) is 16.7 Å². The van der Waals surface area contributed by atoms with Gasteiger partial charge in [0.25, 0.3) is 0 Å². The van der Waals surface area contributed by atoms with E-state index in [1.165, 1.54) is 5.56 Å². The van der Waals surface area contributed by atoms with Crippen LogP contribution in [0.4, 0.5) is 0 Å². The third-order valence-electron chi connectivity index (χ3n) is 4.98.